The minimum atomic E-state index is -1.19. The highest BCUT2D eigenvalue weighted by Crippen LogP contribution is 2.21. The molecule has 0 saturated carbocycles. The van der Waals surface area contributed by atoms with E-state index in [1.54, 1.807) is 0 Å². The third-order valence-electron chi connectivity index (χ3n) is 3.20. The Morgan fingerprint density at radius 3 is 2.65 bits per heavy atom. The highest BCUT2D eigenvalue weighted by molar-refractivity contribution is 5.81. The van der Waals surface area contributed by atoms with E-state index in [4.69, 9.17) is 15.7 Å². The summed E-state index contributed by atoms with van der Waals surface area (Å²) < 4.78 is 5.14. The Balaban J connectivity index is 1.95. The van der Waals surface area contributed by atoms with Crippen LogP contribution in [0.4, 0.5) is 4.79 Å². The highest BCUT2D eigenvalue weighted by Gasteiger charge is 2.41. The van der Waals surface area contributed by atoms with Crippen molar-refractivity contribution < 1.29 is 24.3 Å². The molecule has 7 nitrogen and oxygen atoms in total. The Morgan fingerprint density at radius 1 is 1.35 bits per heavy atom. The molecule has 0 unspecified atom stereocenters. The molecule has 0 aliphatic carbocycles. The second-order valence-electron chi connectivity index (χ2n) is 4.54. The molecule has 3 N–H and O–H groups in total. The first-order chi connectivity index (χ1) is 9.61. The van der Waals surface area contributed by atoms with Crippen LogP contribution in [0.15, 0.2) is 30.3 Å². The van der Waals surface area contributed by atoms with Crippen LogP contribution >= 0.6 is 0 Å². The van der Waals surface area contributed by atoms with Crippen LogP contribution < -0.4 is 5.90 Å². The number of carboxylic acid groups (broad SMARTS) is 1. The van der Waals surface area contributed by atoms with E-state index in [0.717, 1.165) is 10.5 Å². The zero-order valence-corrected chi connectivity index (χ0v) is 10.8. The Morgan fingerprint density at radius 2 is 2.05 bits per heavy atom. The number of ether oxygens (including phenoxy) is 1. The van der Waals surface area contributed by atoms with Crippen molar-refractivity contribution in [2.45, 2.75) is 25.2 Å². The van der Waals surface area contributed by atoms with E-state index < -0.39 is 24.2 Å². The van der Waals surface area contributed by atoms with Gasteiger partial charge in [-0.3, -0.25) is 9.74 Å². The van der Waals surface area contributed by atoms with Crippen molar-refractivity contribution in [2.75, 3.05) is 6.54 Å². The first kappa shape index (κ1) is 14.3. The van der Waals surface area contributed by atoms with Gasteiger partial charge in [0.2, 0.25) is 0 Å². The van der Waals surface area contributed by atoms with Crippen molar-refractivity contribution in [2.24, 2.45) is 5.90 Å². The Kier molecular flexibility index (Phi) is 4.54. The van der Waals surface area contributed by atoms with Crippen LogP contribution in [-0.4, -0.2) is 40.8 Å². The highest BCUT2D eigenvalue weighted by atomic mass is 16.6. The fourth-order valence-electron chi connectivity index (χ4n) is 2.16. The molecule has 0 aromatic heterocycles. The number of hydrogen-bond acceptors (Lipinski definition) is 5. The van der Waals surface area contributed by atoms with Gasteiger partial charge < -0.3 is 9.84 Å². The van der Waals surface area contributed by atoms with E-state index in [1.165, 1.54) is 0 Å². The maximum absolute atomic E-state index is 12.0. The number of carbonyl (C=O) groups excluding carboxylic acids is 1. The SMILES string of the molecule is NO[C@H]1C[C@H](C(=O)OCc2ccccc2)N(C(=O)O)C1. The Bertz CT molecular complexity index is 479. The predicted molar refractivity (Wildman–Crippen MR) is 68.4 cm³/mol. The van der Waals surface area contributed by atoms with Crippen LogP contribution in [-0.2, 0) is 21.0 Å². The summed E-state index contributed by atoms with van der Waals surface area (Å²) in [6, 6.07) is 8.30. The van der Waals surface area contributed by atoms with Crippen LogP contribution in [0.2, 0.25) is 0 Å². The molecule has 1 aromatic rings. The van der Waals surface area contributed by atoms with Crippen LogP contribution in [0.25, 0.3) is 0 Å². The lowest BCUT2D eigenvalue weighted by molar-refractivity contribution is -0.149. The van der Waals surface area contributed by atoms with Gasteiger partial charge in [0, 0.05) is 6.42 Å². The molecule has 1 amide bonds. The summed E-state index contributed by atoms with van der Waals surface area (Å²) in [4.78, 5) is 28.7. The molecule has 108 valence electrons. The molecular formula is C13H16N2O5. The molecule has 1 aromatic carbocycles. The van der Waals surface area contributed by atoms with Gasteiger partial charge in [-0.25, -0.2) is 15.5 Å². The van der Waals surface area contributed by atoms with E-state index in [1.807, 2.05) is 30.3 Å². The minimum Gasteiger partial charge on any atom is -0.465 e. The molecule has 1 fully saturated rings. The second kappa shape index (κ2) is 6.36. The molecule has 1 heterocycles. The molecular weight excluding hydrogens is 264 g/mol. The van der Waals surface area contributed by atoms with Crippen molar-refractivity contribution in [1.29, 1.82) is 0 Å². The summed E-state index contributed by atoms with van der Waals surface area (Å²) in [5, 5.41) is 9.05. The number of likely N-dealkylation sites (tertiary alicyclic amines) is 1. The van der Waals surface area contributed by atoms with Gasteiger partial charge in [0.05, 0.1) is 12.6 Å². The molecule has 0 bridgehead atoms. The molecule has 1 aliphatic heterocycles. The normalized spacial score (nSPS) is 21.8. The minimum absolute atomic E-state index is 0.0664. The van der Waals surface area contributed by atoms with E-state index in [0.29, 0.717) is 0 Å². The van der Waals surface area contributed by atoms with E-state index in [2.05, 4.69) is 4.84 Å². The van der Waals surface area contributed by atoms with Crippen LogP contribution in [0, 0.1) is 0 Å². The van der Waals surface area contributed by atoms with Crippen LogP contribution in [0.5, 0.6) is 0 Å². The second-order valence-corrected chi connectivity index (χ2v) is 4.54. The number of rotatable bonds is 4. The maximum Gasteiger partial charge on any atom is 0.408 e. The van der Waals surface area contributed by atoms with Crippen molar-refractivity contribution in [3.8, 4) is 0 Å². The molecule has 2 rings (SSSR count). The van der Waals surface area contributed by atoms with Crippen molar-refractivity contribution in [1.82, 2.24) is 4.90 Å². The maximum atomic E-state index is 12.0. The molecule has 1 saturated heterocycles. The smallest absolute Gasteiger partial charge is 0.408 e. The standard InChI is InChI=1S/C13H16N2O5/c14-20-10-6-11(15(7-10)13(17)18)12(16)19-8-9-4-2-1-3-5-9/h1-5,10-11H,6-8,14H2,(H,17,18)/t10-,11+/m0/s1. The number of carbonyl (C=O) groups is 2. The summed E-state index contributed by atoms with van der Waals surface area (Å²) in [5.74, 6) is 4.46. The summed E-state index contributed by atoms with van der Waals surface area (Å²) in [5.41, 5.74) is 0.840. The fraction of sp³-hybridized carbons (Fsp3) is 0.385. The molecule has 0 radical (unpaired) electrons. The van der Waals surface area contributed by atoms with E-state index in [9.17, 15) is 9.59 Å². The summed E-state index contributed by atoms with van der Waals surface area (Å²) in [7, 11) is 0. The lowest BCUT2D eigenvalue weighted by Crippen LogP contribution is -2.40. The van der Waals surface area contributed by atoms with Crippen molar-refractivity contribution >= 4 is 12.1 Å². The predicted octanol–water partition coefficient (Wildman–Crippen LogP) is 0.741. The van der Waals surface area contributed by atoms with E-state index in [-0.39, 0.29) is 19.6 Å². The first-order valence-corrected chi connectivity index (χ1v) is 6.17. The topological polar surface area (TPSA) is 102 Å². The summed E-state index contributed by atoms with van der Waals surface area (Å²) in [6.07, 6.45) is -1.47. The average molecular weight is 280 g/mol. The van der Waals surface area contributed by atoms with Gasteiger partial charge in [-0.05, 0) is 5.56 Å². The van der Waals surface area contributed by atoms with E-state index >= 15 is 0 Å². The number of esters is 1. The van der Waals surface area contributed by atoms with Crippen molar-refractivity contribution in [3.05, 3.63) is 35.9 Å². The Labute approximate surface area is 115 Å². The number of nitrogens with zero attached hydrogens (tertiary/aromatic N) is 1. The fourth-order valence-corrected chi connectivity index (χ4v) is 2.16. The quantitative estimate of drug-likeness (QED) is 0.623. The zero-order valence-electron chi connectivity index (χ0n) is 10.8. The van der Waals surface area contributed by atoms with Gasteiger partial charge in [0.1, 0.15) is 12.6 Å². The number of nitrogens with two attached hydrogens (primary N) is 1. The molecule has 7 heteroatoms. The molecule has 2 atom stereocenters. The summed E-state index contributed by atoms with van der Waals surface area (Å²) >= 11 is 0. The van der Waals surface area contributed by atoms with Crippen LogP contribution in [0.3, 0.4) is 0 Å². The number of hydrogen-bond donors (Lipinski definition) is 2. The van der Waals surface area contributed by atoms with Gasteiger partial charge in [0.25, 0.3) is 0 Å². The van der Waals surface area contributed by atoms with Crippen LogP contribution in [0.1, 0.15) is 12.0 Å². The van der Waals surface area contributed by atoms with Gasteiger partial charge >= 0.3 is 12.1 Å². The largest absolute Gasteiger partial charge is 0.465 e. The van der Waals surface area contributed by atoms with Gasteiger partial charge in [0.15, 0.2) is 0 Å². The monoisotopic (exact) mass is 280 g/mol. The number of benzene rings is 1. The third-order valence-corrected chi connectivity index (χ3v) is 3.20. The lowest BCUT2D eigenvalue weighted by Gasteiger charge is -2.19. The van der Waals surface area contributed by atoms with Crippen molar-refractivity contribution in [3.63, 3.8) is 0 Å². The Hall–Kier alpha value is -2.12. The lowest BCUT2D eigenvalue weighted by atomic mass is 10.2. The zero-order chi connectivity index (χ0) is 14.5. The van der Waals surface area contributed by atoms with Gasteiger partial charge in [-0.2, -0.15) is 0 Å². The molecule has 1 aliphatic rings. The third kappa shape index (κ3) is 3.25. The number of amides is 1. The first-order valence-electron chi connectivity index (χ1n) is 6.17. The van der Waals surface area contributed by atoms with Gasteiger partial charge in [-0.1, -0.05) is 30.3 Å². The average Bonchev–Trinajstić information content (AvgIpc) is 2.90. The van der Waals surface area contributed by atoms with Gasteiger partial charge in [-0.15, -0.1) is 0 Å². The molecule has 20 heavy (non-hydrogen) atoms. The molecule has 0 spiro atoms. The summed E-state index contributed by atoms with van der Waals surface area (Å²) in [6.45, 7) is 0.175.